The van der Waals surface area contributed by atoms with Gasteiger partial charge in [0.25, 0.3) is 0 Å². The Kier molecular flexibility index (Phi) is 3.31. The lowest BCUT2D eigenvalue weighted by molar-refractivity contribution is -0.0991. The molecule has 1 N–H and O–H groups in total. The largest absolute Gasteiger partial charge is 0.380 e. The van der Waals surface area contributed by atoms with E-state index < -0.39 is 0 Å². The Labute approximate surface area is 98.0 Å². The summed E-state index contributed by atoms with van der Waals surface area (Å²) in [4.78, 5) is 0. The van der Waals surface area contributed by atoms with Crippen LogP contribution >= 0.6 is 0 Å². The maximum absolute atomic E-state index is 5.25. The minimum absolute atomic E-state index is 0.358. The third-order valence-corrected chi connectivity index (χ3v) is 3.40. The Balaban J connectivity index is 1.89. The Morgan fingerprint density at radius 3 is 2.38 bits per heavy atom. The Morgan fingerprint density at radius 1 is 1.25 bits per heavy atom. The molecule has 0 amide bonds. The number of nitrogens with one attached hydrogen (secondary N) is 1. The second kappa shape index (κ2) is 4.56. The molecule has 1 aliphatic rings. The summed E-state index contributed by atoms with van der Waals surface area (Å²) in [6, 6.07) is 6.48. The summed E-state index contributed by atoms with van der Waals surface area (Å²) < 4.78 is 5.25. The van der Waals surface area contributed by atoms with E-state index in [-0.39, 0.29) is 0 Å². The lowest BCUT2D eigenvalue weighted by atomic mass is 9.88. The van der Waals surface area contributed by atoms with Gasteiger partial charge >= 0.3 is 0 Å². The molecule has 0 aliphatic carbocycles. The van der Waals surface area contributed by atoms with Crippen molar-refractivity contribution in [1.29, 1.82) is 0 Å². The van der Waals surface area contributed by atoms with Crippen LogP contribution in [0.3, 0.4) is 0 Å². The molecule has 1 saturated heterocycles. The van der Waals surface area contributed by atoms with Gasteiger partial charge in [-0.3, -0.25) is 0 Å². The molecular weight excluding hydrogens is 198 g/mol. The minimum Gasteiger partial charge on any atom is -0.380 e. The second-order valence-corrected chi connectivity index (χ2v) is 5.28. The van der Waals surface area contributed by atoms with E-state index in [1.54, 1.807) is 0 Å². The van der Waals surface area contributed by atoms with Gasteiger partial charge in [-0.05, 0) is 30.5 Å². The molecule has 1 aliphatic heterocycles. The van der Waals surface area contributed by atoms with Crippen LogP contribution < -0.4 is 5.32 Å². The number of hydrogen-bond donors (Lipinski definition) is 1. The van der Waals surface area contributed by atoms with Crippen LogP contribution in [0, 0.1) is 19.3 Å². The summed E-state index contributed by atoms with van der Waals surface area (Å²) in [6.45, 7) is 10.4. The molecule has 0 spiro atoms. The van der Waals surface area contributed by atoms with Gasteiger partial charge in [0.1, 0.15) is 0 Å². The van der Waals surface area contributed by atoms with Gasteiger partial charge in [-0.1, -0.05) is 25.1 Å². The highest BCUT2D eigenvalue weighted by Gasteiger charge is 2.32. The predicted octanol–water partition coefficient (Wildman–Crippen LogP) is 2.43. The quantitative estimate of drug-likeness (QED) is 0.839. The van der Waals surface area contributed by atoms with Crippen molar-refractivity contribution in [2.24, 2.45) is 5.41 Å². The fourth-order valence-corrected chi connectivity index (χ4v) is 2.17. The summed E-state index contributed by atoms with van der Waals surface area (Å²) >= 11 is 0. The standard InChI is InChI=1S/C14H21NO/c1-11-5-4-6-12(2)13(11)7-15-8-14(3)9-16-10-14/h4-6,15H,7-10H2,1-3H3. The van der Waals surface area contributed by atoms with Crippen LogP contribution in [0.25, 0.3) is 0 Å². The lowest BCUT2D eigenvalue weighted by Crippen LogP contribution is -2.47. The van der Waals surface area contributed by atoms with Crippen LogP contribution in [0.5, 0.6) is 0 Å². The summed E-state index contributed by atoms with van der Waals surface area (Å²) in [5.74, 6) is 0. The van der Waals surface area contributed by atoms with Crippen molar-refractivity contribution in [3.8, 4) is 0 Å². The Bertz CT molecular complexity index is 349. The van der Waals surface area contributed by atoms with Gasteiger partial charge in [-0.25, -0.2) is 0 Å². The normalized spacial score (nSPS) is 18.2. The minimum atomic E-state index is 0.358. The summed E-state index contributed by atoms with van der Waals surface area (Å²) in [5, 5.41) is 3.55. The van der Waals surface area contributed by atoms with Crippen LogP contribution in [0.2, 0.25) is 0 Å². The van der Waals surface area contributed by atoms with Crippen molar-refractivity contribution in [3.63, 3.8) is 0 Å². The van der Waals surface area contributed by atoms with Crippen molar-refractivity contribution in [1.82, 2.24) is 5.32 Å². The third-order valence-electron chi connectivity index (χ3n) is 3.40. The highest BCUT2D eigenvalue weighted by Crippen LogP contribution is 2.25. The molecule has 2 nitrogen and oxygen atoms in total. The molecule has 16 heavy (non-hydrogen) atoms. The maximum atomic E-state index is 5.25. The van der Waals surface area contributed by atoms with Crippen molar-refractivity contribution < 1.29 is 4.74 Å². The highest BCUT2D eigenvalue weighted by atomic mass is 16.5. The molecule has 0 saturated carbocycles. The molecule has 0 radical (unpaired) electrons. The molecule has 2 heteroatoms. The first-order valence-corrected chi connectivity index (χ1v) is 5.94. The second-order valence-electron chi connectivity index (χ2n) is 5.28. The van der Waals surface area contributed by atoms with Crippen LogP contribution in [0.4, 0.5) is 0 Å². The van der Waals surface area contributed by atoms with Crippen molar-refractivity contribution in [3.05, 3.63) is 34.9 Å². The van der Waals surface area contributed by atoms with E-state index in [4.69, 9.17) is 4.74 Å². The van der Waals surface area contributed by atoms with Crippen molar-refractivity contribution in [2.75, 3.05) is 19.8 Å². The molecule has 0 atom stereocenters. The lowest BCUT2D eigenvalue weighted by Gasteiger charge is -2.38. The third kappa shape index (κ3) is 2.45. The monoisotopic (exact) mass is 219 g/mol. The topological polar surface area (TPSA) is 21.3 Å². The SMILES string of the molecule is Cc1cccc(C)c1CNCC1(C)COC1. The van der Waals surface area contributed by atoms with E-state index in [1.165, 1.54) is 16.7 Å². The van der Waals surface area contributed by atoms with E-state index in [2.05, 4.69) is 44.3 Å². The molecule has 0 aromatic heterocycles. The summed E-state index contributed by atoms with van der Waals surface area (Å²) in [5.41, 5.74) is 4.55. The van der Waals surface area contributed by atoms with Crippen molar-refractivity contribution >= 4 is 0 Å². The summed E-state index contributed by atoms with van der Waals surface area (Å²) in [6.07, 6.45) is 0. The molecule has 1 aromatic carbocycles. The van der Waals surface area contributed by atoms with Crippen LogP contribution in [-0.2, 0) is 11.3 Å². The van der Waals surface area contributed by atoms with Gasteiger partial charge in [-0.15, -0.1) is 0 Å². The van der Waals surface area contributed by atoms with E-state index >= 15 is 0 Å². The van der Waals surface area contributed by atoms with Crippen molar-refractivity contribution in [2.45, 2.75) is 27.3 Å². The smallest absolute Gasteiger partial charge is 0.0554 e. The number of ether oxygens (including phenoxy) is 1. The van der Waals surface area contributed by atoms with Gasteiger partial charge < -0.3 is 10.1 Å². The van der Waals surface area contributed by atoms with E-state index in [0.717, 1.165) is 26.3 Å². The summed E-state index contributed by atoms with van der Waals surface area (Å²) in [7, 11) is 0. The average Bonchev–Trinajstić information content (AvgIpc) is 2.20. The zero-order valence-electron chi connectivity index (χ0n) is 10.5. The zero-order valence-corrected chi connectivity index (χ0v) is 10.5. The predicted molar refractivity (Wildman–Crippen MR) is 66.5 cm³/mol. The molecule has 1 aromatic rings. The van der Waals surface area contributed by atoms with Gasteiger partial charge in [-0.2, -0.15) is 0 Å². The first kappa shape index (κ1) is 11.6. The van der Waals surface area contributed by atoms with Crippen LogP contribution in [0.15, 0.2) is 18.2 Å². The van der Waals surface area contributed by atoms with E-state index in [0.29, 0.717) is 5.41 Å². The number of benzene rings is 1. The van der Waals surface area contributed by atoms with Crippen LogP contribution in [0.1, 0.15) is 23.6 Å². The van der Waals surface area contributed by atoms with E-state index in [9.17, 15) is 0 Å². The zero-order chi connectivity index (χ0) is 11.6. The molecule has 2 rings (SSSR count). The van der Waals surface area contributed by atoms with Gasteiger partial charge in [0.05, 0.1) is 13.2 Å². The van der Waals surface area contributed by atoms with Gasteiger partial charge in [0.15, 0.2) is 0 Å². The number of hydrogen-bond acceptors (Lipinski definition) is 2. The molecule has 0 unspecified atom stereocenters. The maximum Gasteiger partial charge on any atom is 0.0554 e. The molecule has 88 valence electrons. The first-order valence-electron chi connectivity index (χ1n) is 5.94. The van der Waals surface area contributed by atoms with Gasteiger partial charge in [0, 0.05) is 18.5 Å². The first-order chi connectivity index (χ1) is 7.61. The Hall–Kier alpha value is -0.860. The molecular formula is C14H21NO. The molecule has 1 heterocycles. The molecule has 1 fully saturated rings. The number of aryl methyl sites for hydroxylation is 2. The Morgan fingerprint density at radius 2 is 1.88 bits per heavy atom. The fourth-order valence-electron chi connectivity index (χ4n) is 2.17. The molecule has 0 bridgehead atoms. The fraction of sp³-hybridized carbons (Fsp3) is 0.571. The average molecular weight is 219 g/mol. The number of rotatable bonds is 4. The van der Waals surface area contributed by atoms with Gasteiger partial charge in [0.2, 0.25) is 0 Å². The van der Waals surface area contributed by atoms with Crippen LogP contribution in [-0.4, -0.2) is 19.8 Å². The highest BCUT2D eigenvalue weighted by molar-refractivity contribution is 5.33. The van der Waals surface area contributed by atoms with E-state index in [1.807, 2.05) is 0 Å².